The van der Waals surface area contributed by atoms with Crippen molar-refractivity contribution in [3.8, 4) is 5.75 Å². The smallest absolute Gasteiger partial charge is 0.369 e. The standard InChI is InChI=1S/C28H48O3Si/c1-19(2)25-15-9-21(5)17-27(25)30-32(8,24-13-11-23(29-7)12-14-24)31-28-18-22(6)10-16-26(28)20(3)4/h11-14,19-22,25-28H,9-10,15-18H2,1-8H3. The second-order valence-electron chi connectivity index (χ2n) is 11.6. The van der Waals surface area contributed by atoms with Gasteiger partial charge in [0.25, 0.3) is 0 Å². The molecule has 0 saturated heterocycles. The van der Waals surface area contributed by atoms with Crippen LogP contribution in [0.3, 0.4) is 0 Å². The van der Waals surface area contributed by atoms with Gasteiger partial charge in [-0.1, -0.05) is 66.5 Å². The van der Waals surface area contributed by atoms with Crippen LogP contribution in [0.4, 0.5) is 0 Å². The molecule has 182 valence electrons. The summed E-state index contributed by atoms with van der Waals surface area (Å²) in [6.07, 6.45) is 8.06. The molecule has 2 aliphatic carbocycles. The number of ether oxygens (including phenoxy) is 1. The minimum atomic E-state index is -2.63. The molecule has 2 aliphatic rings. The van der Waals surface area contributed by atoms with E-state index in [2.05, 4.69) is 72.4 Å². The molecule has 4 heteroatoms. The van der Waals surface area contributed by atoms with E-state index in [0.29, 0.717) is 23.7 Å². The van der Waals surface area contributed by atoms with Crippen LogP contribution in [0.2, 0.25) is 6.55 Å². The first kappa shape index (κ1) is 25.8. The second kappa shape index (κ2) is 11.1. The maximum Gasteiger partial charge on any atom is 0.369 e. The highest BCUT2D eigenvalue weighted by molar-refractivity contribution is 6.80. The molecule has 0 aliphatic heterocycles. The fourth-order valence-corrected chi connectivity index (χ4v) is 8.93. The molecule has 1 aromatic carbocycles. The maximum atomic E-state index is 7.22. The van der Waals surface area contributed by atoms with Gasteiger partial charge in [0, 0.05) is 0 Å². The van der Waals surface area contributed by atoms with Gasteiger partial charge in [0.1, 0.15) is 5.75 Å². The molecule has 1 aromatic rings. The van der Waals surface area contributed by atoms with Crippen molar-refractivity contribution < 1.29 is 13.6 Å². The third-order valence-electron chi connectivity index (χ3n) is 8.29. The van der Waals surface area contributed by atoms with Gasteiger partial charge in [0.05, 0.1) is 19.3 Å². The molecule has 6 atom stereocenters. The van der Waals surface area contributed by atoms with Crippen molar-refractivity contribution in [2.75, 3.05) is 7.11 Å². The normalized spacial score (nSPS) is 33.3. The molecule has 0 bridgehead atoms. The largest absolute Gasteiger partial charge is 0.497 e. The molecular weight excluding hydrogens is 412 g/mol. The molecule has 0 heterocycles. The Bertz CT molecular complexity index is 667. The van der Waals surface area contributed by atoms with Gasteiger partial charge in [0.15, 0.2) is 0 Å². The van der Waals surface area contributed by atoms with Crippen molar-refractivity contribution in [2.45, 2.75) is 98.8 Å². The average Bonchev–Trinajstić information content (AvgIpc) is 2.73. The van der Waals surface area contributed by atoms with Crippen LogP contribution in [0.25, 0.3) is 0 Å². The topological polar surface area (TPSA) is 27.7 Å². The van der Waals surface area contributed by atoms with Crippen molar-refractivity contribution in [2.24, 2.45) is 35.5 Å². The fourth-order valence-electron chi connectivity index (χ4n) is 6.14. The van der Waals surface area contributed by atoms with Gasteiger partial charge < -0.3 is 13.6 Å². The zero-order chi connectivity index (χ0) is 23.5. The van der Waals surface area contributed by atoms with Crippen LogP contribution < -0.4 is 9.92 Å². The SMILES string of the molecule is COc1ccc([Si](C)(OC2CC(C)CCC2C(C)C)OC2CC(C)CCC2C(C)C)cc1. The third kappa shape index (κ3) is 6.18. The van der Waals surface area contributed by atoms with E-state index in [1.807, 2.05) is 0 Å². The summed E-state index contributed by atoms with van der Waals surface area (Å²) >= 11 is 0. The molecule has 3 nitrogen and oxygen atoms in total. The van der Waals surface area contributed by atoms with E-state index in [1.165, 1.54) is 30.9 Å². The van der Waals surface area contributed by atoms with Crippen LogP contribution in [0.15, 0.2) is 24.3 Å². The van der Waals surface area contributed by atoms with E-state index < -0.39 is 8.56 Å². The molecular formula is C28H48O3Si. The molecule has 3 rings (SSSR count). The summed E-state index contributed by atoms with van der Waals surface area (Å²) in [5.74, 6) is 4.85. The predicted molar refractivity (Wildman–Crippen MR) is 137 cm³/mol. The van der Waals surface area contributed by atoms with Crippen LogP contribution in [0.1, 0.15) is 80.1 Å². The van der Waals surface area contributed by atoms with E-state index in [-0.39, 0.29) is 12.2 Å². The van der Waals surface area contributed by atoms with Crippen LogP contribution >= 0.6 is 0 Å². The van der Waals surface area contributed by atoms with Gasteiger partial charge in [-0.15, -0.1) is 0 Å². The Hall–Kier alpha value is -0.843. The summed E-state index contributed by atoms with van der Waals surface area (Å²) in [5, 5.41) is 1.24. The predicted octanol–water partition coefficient (Wildman–Crippen LogP) is 6.93. The summed E-state index contributed by atoms with van der Waals surface area (Å²) in [6, 6.07) is 8.52. The zero-order valence-corrected chi connectivity index (χ0v) is 22.9. The monoisotopic (exact) mass is 460 g/mol. The molecule has 6 unspecified atom stereocenters. The van der Waals surface area contributed by atoms with Crippen LogP contribution in [0.5, 0.6) is 5.75 Å². The van der Waals surface area contributed by atoms with E-state index in [0.717, 1.165) is 30.4 Å². The van der Waals surface area contributed by atoms with E-state index in [4.69, 9.17) is 13.6 Å². The lowest BCUT2D eigenvalue weighted by Gasteiger charge is -2.45. The van der Waals surface area contributed by atoms with Crippen molar-refractivity contribution in [1.82, 2.24) is 0 Å². The fraction of sp³-hybridized carbons (Fsp3) is 0.786. The molecule has 32 heavy (non-hydrogen) atoms. The molecule has 0 N–H and O–H groups in total. The number of methoxy groups -OCH3 is 1. The molecule has 0 amide bonds. The average molecular weight is 461 g/mol. The number of hydrogen-bond acceptors (Lipinski definition) is 3. The zero-order valence-electron chi connectivity index (χ0n) is 21.9. The van der Waals surface area contributed by atoms with Crippen LogP contribution in [-0.2, 0) is 8.85 Å². The van der Waals surface area contributed by atoms with Crippen molar-refractivity contribution >= 4 is 13.7 Å². The lowest BCUT2D eigenvalue weighted by atomic mass is 9.75. The number of benzene rings is 1. The Kier molecular flexibility index (Phi) is 8.90. The molecule has 2 saturated carbocycles. The highest BCUT2D eigenvalue weighted by atomic mass is 28.4. The lowest BCUT2D eigenvalue weighted by Crippen LogP contribution is -2.58. The van der Waals surface area contributed by atoms with Crippen LogP contribution in [-0.4, -0.2) is 27.9 Å². The Labute approximate surface area is 198 Å². The van der Waals surface area contributed by atoms with Gasteiger partial charge in [-0.25, -0.2) is 0 Å². The highest BCUT2D eigenvalue weighted by Crippen LogP contribution is 2.40. The van der Waals surface area contributed by atoms with E-state index in [9.17, 15) is 0 Å². The summed E-state index contributed by atoms with van der Waals surface area (Å²) in [4.78, 5) is 0. The Morgan fingerprint density at radius 2 is 1.19 bits per heavy atom. The van der Waals surface area contributed by atoms with Gasteiger partial charge in [-0.3, -0.25) is 0 Å². The minimum absolute atomic E-state index is 0.288. The van der Waals surface area contributed by atoms with E-state index >= 15 is 0 Å². The summed E-state index contributed by atoms with van der Waals surface area (Å²) in [6.45, 7) is 16.5. The van der Waals surface area contributed by atoms with Crippen molar-refractivity contribution in [3.05, 3.63) is 24.3 Å². The summed E-state index contributed by atoms with van der Waals surface area (Å²) < 4.78 is 19.9. The Morgan fingerprint density at radius 1 is 0.750 bits per heavy atom. The first-order valence-electron chi connectivity index (χ1n) is 13.1. The maximum absolute atomic E-state index is 7.22. The molecule has 0 aromatic heterocycles. The Morgan fingerprint density at radius 3 is 1.56 bits per heavy atom. The number of hydrogen-bond donors (Lipinski definition) is 0. The van der Waals surface area contributed by atoms with E-state index in [1.54, 1.807) is 7.11 Å². The minimum Gasteiger partial charge on any atom is -0.497 e. The van der Waals surface area contributed by atoms with Gasteiger partial charge >= 0.3 is 8.56 Å². The quantitative estimate of drug-likeness (QED) is 0.394. The van der Waals surface area contributed by atoms with Gasteiger partial charge in [-0.05, 0) is 85.1 Å². The molecule has 0 radical (unpaired) electrons. The summed E-state index contributed by atoms with van der Waals surface area (Å²) in [5.41, 5.74) is 0. The van der Waals surface area contributed by atoms with Crippen LogP contribution in [0, 0.1) is 35.5 Å². The Balaban J connectivity index is 1.93. The molecule has 2 fully saturated rings. The lowest BCUT2D eigenvalue weighted by molar-refractivity contribution is -0.0205. The first-order chi connectivity index (χ1) is 15.1. The second-order valence-corrected chi connectivity index (χ2v) is 14.6. The number of rotatable bonds is 8. The van der Waals surface area contributed by atoms with Gasteiger partial charge in [0.2, 0.25) is 0 Å². The first-order valence-corrected chi connectivity index (χ1v) is 15.4. The highest BCUT2D eigenvalue weighted by Gasteiger charge is 2.45. The van der Waals surface area contributed by atoms with Crippen molar-refractivity contribution in [1.29, 1.82) is 0 Å². The van der Waals surface area contributed by atoms with Crippen molar-refractivity contribution in [3.63, 3.8) is 0 Å². The summed E-state index contributed by atoms with van der Waals surface area (Å²) in [7, 11) is -0.898. The van der Waals surface area contributed by atoms with Gasteiger partial charge in [-0.2, -0.15) is 0 Å². The third-order valence-corrected chi connectivity index (χ3v) is 11.2. The molecule has 0 spiro atoms.